The number of halogens is 3. The van der Waals surface area contributed by atoms with Gasteiger partial charge in [0.2, 0.25) is 0 Å². The maximum atomic E-state index is 12.1. The minimum atomic E-state index is -4.70. The first kappa shape index (κ1) is 14.1. The van der Waals surface area contributed by atoms with Crippen molar-refractivity contribution in [2.24, 2.45) is 0 Å². The van der Waals surface area contributed by atoms with Gasteiger partial charge in [-0.15, -0.1) is 13.2 Å². The van der Waals surface area contributed by atoms with E-state index >= 15 is 0 Å². The highest BCUT2D eigenvalue weighted by Crippen LogP contribution is 2.26. The van der Waals surface area contributed by atoms with Crippen LogP contribution < -0.4 is 10.1 Å². The Labute approximate surface area is 122 Å². The van der Waals surface area contributed by atoms with Gasteiger partial charge in [-0.1, -0.05) is 0 Å². The molecule has 0 aliphatic carbocycles. The second kappa shape index (κ2) is 5.47. The number of rotatable bonds is 3. The van der Waals surface area contributed by atoms with Crippen LogP contribution in [0.2, 0.25) is 0 Å². The summed E-state index contributed by atoms with van der Waals surface area (Å²) < 4.78 is 40.1. The molecule has 0 atom stereocenters. The van der Waals surface area contributed by atoms with Gasteiger partial charge < -0.3 is 10.1 Å². The molecule has 3 rings (SSSR count). The fraction of sp³-hybridized carbons (Fsp3) is 0.0714. The van der Waals surface area contributed by atoms with Gasteiger partial charge in [0.05, 0.1) is 5.39 Å². The summed E-state index contributed by atoms with van der Waals surface area (Å²) in [6.07, 6.45) is -1.73. The van der Waals surface area contributed by atoms with Gasteiger partial charge in [-0.25, -0.2) is 15.0 Å². The smallest absolute Gasteiger partial charge is 0.406 e. The fourth-order valence-corrected chi connectivity index (χ4v) is 1.87. The van der Waals surface area contributed by atoms with E-state index in [1.807, 2.05) is 0 Å². The normalized spacial score (nSPS) is 11.4. The second-order valence-corrected chi connectivity index (χ2v) is 4.29. The summed E-state index contributed by atoms with van der Waals surface area (Å²) in [5, 5.41) is 3.72. The molecule has 2 heterocycles. The van der Waals surface area contributed by atoms with Crippen LogP contribution in [-0.4, -0.2) is 21.3 Å². The Balaban J connectivity index is 1.83. The molecule has 0 saturated heterocycles. The van der Waals surface area contributed by atoms with Crippen LogP contribution in [0.1, 0.15) is 0 Å². The van der Waals surface area contributed by atoms with Gasteiger partial charge in [0.1, 0.15) is 17.9 Å². The Morgan fingerprint density at radius 3 is 2.45 bits per heavy atom. The number of pyridine rings is 1. The Morgan fingerprint density at radius 1 is 0.955 bits per heavy atom. The number of ether oxygens (including phenoxy) is 1. The van der Waals surface area contributed by atoms with E-state index in [-0.39, 0.29) is 5.75 Å². The first-order valence-electron chi connectivity index (χ1n) is 6.20. The van der Waals surface area contributed by atoms with E-state index in [4.69, 9.17) is 0 Å². The Morgan fingerprint density at radius 2 is 1.73 bits per heavy atom. The molecule has 0 amide bonds. The van der Waals surface area contributed by atoms with Crippen molar-refractivity contribution >= 4 is 22.5 Å². The van der Waals surface area contributed by atoms with Crippen molar-refractivity contribution < 1.29 is 17.9 Å². The lowest BCUT2D eigenvalue weighted by atomic mass is 10.2. The predicted octanol–water partition coefficient (Wildman–Crippen LogP) is 3.67. The molecule has 0 spiro atoms. The zero-order valence-electron chi connectivity index (χ0n) is 11.0. The van der Waals surface area contributed by atoms with E-state index < -0.39 is 6.36 Å². The third kappa shape index (κ3) is 3.22. The van der Waals surface area contributed by atoms with Crippen molar-refractivity contribution in [3.63, 3.8) is 0 Å². The molecular formula is C14H9F3N4O. The quantitative estimate of drug-likeness (QED) is 0.800. The van der Waals surface area contributed by atoms with Gasteiger partial charge in [-0.05, 0) is 36.4 Å². The van der Waals surface area contributed by atoms with Crippen molar-refractivity contribution in [2.45, 2.75) is 6.36 Å². The average Bonchev–Trinajstić information content (AvgIpc) is 2.48. The molecule has 1 N–H and O–H groups in total. The molecule has 0 aliphatic rings. The van der Waals surface area contributed by atoms with E-state index in [0.29, 0.717) is 22.5 Å². The lowest BCUT2D eigenvalue weighted by Gasteiger charge is -2.10. The number of aromatic nitrogens is 3. The Bertz CT molecular complexity index is 785. The molecule has 1 aromatic carbocycles. The first-order valence-corrected chi connectivity index (χ1v) is 6.20. The summed E-state index contributed by atoms with van der Waals surface area (Å²) in [7, 11) is 0. The third-order valence-corrected chi connectivity index (χ3v) is 2.76. The molecule has 0 radical (unpaired) electrons. The highest BCUT2D eigenvalue weighted by atomic mass is 19.4. The first-order chi connectivity index (χ1) is 10.5. The van der Waals surface area contributed by atoms with Gasteiger partial charge >= 0.3 is 6.36 Å². The molecule has 0 unspecified atom stereocenters. The van der Waals surface area contributed by atoms with Crippen LogP contribution in [0.25, 0.3) is 11.0 Å². The molecule has 22 heavy (non-hydrogen) atoms. The number of anilines is 2. The summed E-state index contributed by atoms with van der Waals surface area (Å²) in [6, 6.07) is 8.91. The number of nitrogens with zero attached hydrogens (tertiary/aromatic N) is 3. The number of alkyl halides is 3. The fourth-order valence-electron chi connectivity index (χ4n) is 1.87. The highest BCUT2D eigenvalue weighted by Gasteiger charge is 2.30. The van der Waals surface area contributed by atoms with E-state index in [1.54, 1.807) is 18.3 Å². The number of benzene rings is 1. The number of fused-ring (bicyclic) bond motifs is 1. The van der Waals surface area contributed by atoms with E-state index in [2.05, 4.69) is 25.0 Å². The third-order valence-electron chi connectivity index (χ3n) is 2.76. The minimum Gasteiger partial charge on any atom is -0.406 e. The van der Waals surface area contributed by atoms with Gasteiger partial charge in [0.25, 0.3) is 0 Å². The summed E-state index contributed by atoms with van der Waals surface area (Å²) in [6.45, 7) is 0. The van der Waals surface area contributed by atoms with Gasteiger partial charge in [0, 0.05) is 11.9 Å². The zero-order chi connectivity index (χ0) is 15.6. The summed E-state index contributed by atoms with van der Waals surface area (Å²) >= 11 is 0. The molecule has 2 aromatic heterocycles. The molecule has 8 heteroatoms. The molecule has 112 valence electrons. The SMILES string of the molecule is FC(F)(F)Oc1ccc(Nc2ncnc3ncccc23)cc1. The molecule has 0 bridgehead atoms. The Hall–Kier alpha value is -2.90. The van der Waals surface area contributed by atoms with Crippen LogP contribution in [0, 0.1) is 0 Å². The van der Waals surface area contributed by atoms with Crippen LogP contribution in [0.3, 0.4) is 0 Å². The largest absolute Gasteiger partial charge is 0.573 e. The van der Waals surface area contributed by atoms with E-state index in [0.717, 1.165) is 0 Å². The van der Waals surface area contributed by atoms with Crippen molar-refractivity contribution in [1.82, 2.24) is 15.0 Å². The average molecular weight is 306 g/mol. The maximum absolute atomic E-state index is 12.1. The topological polar surface area (TPSA) is 59.9 Å². The Kier molecular flexibility index (Phi) is 3.50. The molecular weight excluding hydrogens is 297 g/mol. The molecule has 5 nitrogen and oxygen atoms in total. The summed E-state index contributed by atoms with van der Waals surface area (Å²) in [4.78, 5) is 12.2. The number of hydrogen-bond acceptors (Lipinski definition) is 5. The van der Waals surface area contributed by atoms with E-state index in [9.17, 15) is 13.2 Å². The maximum Gasteiger partial charge on any atom is 0.573 e. The van der Waals surface area contributed by atoms with Crippen LogP contribution >= 0.6 is 0 Å². The summed E-state index contributed by atoms with van der Waals surface area (Å²) in [5.41, 5.74) is 1.09. The monoisotopic (exact) mass is 306 g/mol. The van der Waals surface area contributed by atoms with Crippen molar-refractivity contribution in [3.8, 4) is 5.75 Å². The van der Waals surface area contributed by atoms with Crippen molar-refractivity contribution in [3.05, 3.63) is 48.9 Å². The lowest BCUT2D eigenvalue weighted by molar-refractivity contribution is -0.274. The lowest BCUT2D eigenvalue weighted by Crippen LogP contribution is -2.16. The molecule has 0 aliphatic heterocycles. The predicted molar refractivity (Wildman–Crippen MR) is 73.7 cm³/mol. The van der Waals surface area contributed by atoms with Gasteiger partial charge in [-0.3, -0.25) is 0 Å². The van der Waals surface area contributed by atoms with Gasteiger partial charge in [0.15, 0.2) is 5.65 Å². The molecule has 0 fully saturated rings. The zero-order valence-corrected chi connectivity index (χ0v) is 11.0. The van der Waals surface area contributed by atoms with Crippen LogP contribution in [0.5, 0.6) is 5.75 Å². The van der Waals surface area contributed by atoms with E-state index in [1.165, 1.54) is 30.6 Å². The molecule has 3 aromatic rings. The standard InChI is InChI=1S/C14H9F3N4O/c15-14(16,17)22-10-5-3-9(4-6-10)21-13-11-2-1-7-18-12(11)19-8-20-13/h1-8H,(H,18,19,20,21). The highest BCUT2D eigenvalue weighted by molar-refractivity contribution is 5.87. The van der Waals surface area contributed by atoms with Crippen molar-refractivity contribution in [1.29, 1.82) is 0 Å². The van der Waals surface area contributed by atoms with Crippen molar-refractivity contribution in [2.75, 3.05) is 5.32 Å². The van der Waals surface area contributed by atoms with Crippen LogP contribution in [0.15, 0.2) is 48.9 Å². The number of nitrogens with one attached hydrogen (secondary N) is 1. The van der Waals surface area contributed by atoms with Gasteiger partial charge in [-0.2, -0.15) is 0 Å². The second-order valence-electron chi connectivity index (χ2n) is 4.29. The molecule has 0 saturated carbocycles. The van der Waals surface area contributed by atoms with Crippen LogP contribution in [-0.2, 0) is 0 Å². The summed E-state index contributed by atoms with van der Waals surface area (Å²) in [5.74, 6) is 0.231. The number of hydrogen-bond donors (Lipinski definition) is 1. The minimum absolute atomic E-state index is 0.285. The van der Waals surface area contributed by atoms with Crippen LogP contribution in [0.4, 0.5) is 24.7 Å².